The third-order valence-electron chi connectivity index (χ3n) is 2.33. The van der Waals surface area contributed by atoms with E-state index < -0.39 is 5.97 Å². The van der Waals surface area contributed by atoms with Gasteiger partial charge >= 0.3 is 5.97 Å². The number of aryl methyl sites for hydroxylation is 1. The van der Waals surface area contributed by atoms with Crippen molar-refractivity contribution < 1.29 is 9.90 Å². The van der Waals surface area contributed by atoms with Crippen molar-refractivity contribution in [3.05, 3.63) is 36.0 Å². The smallest absolute Gasteiger partial charge is 0.356 e. The zero-order valence-corrected chi connectivity index (χ0v) is 9.87. The molecule has 0 spiro atoms. The lowest BCUT2D eigenvalue weighted by atomic mass is 10.3. The zero-order valence-electron chi connectivity index (χ0n) is 9.87. The summed E-state index contributed by atoms with van der Waals surface area (Å²) in [6.45, 7) is 0.665. The summed E-state index contributed by atoms with van der Waals surface area (Å²) in [5, 5.41) is 16.0. The van der Waals surface area contributed by atoms with Crippen LogP contribution >= 0.6 is 0 Å². The molecule has 0 aromatic carbocycles. The molecule has 0 bridgehead atoms. The molecular weight excluding hydrogens is 234 g/mol. The molecule has 0 radical (unpaired) electrons. The fourth-order valence-electron chi connectivity index (χ4n) is 1.44. The lowest BCUT2D eigenvalue weighted by Gasteiger charge is -2.03. The first-order valence-corrected chi connectivity index (χ1v) is 5.43. The lowest BCUT2D eigenvalue weighted by molar-refractivity contribution is 0.0690. The molecule has 0 saturated carbocycles. The van der Waals surface area contributed by atoms with Crippen molar-refractivity contribution in [3.8, 4) is 0 Å². The van der Waals surface area contributed by atoms with Crippen LogP contribution in [0.3, 0.4) is 0 Å². The average molecular weight is 247 g/mol. The molecule has 0 atom stereocenters. The van der Waals surface area contributed by atoms with Crippen molar-refractivity contribution in [2.75, 3.05) is 11.9 Å². The topological polar surface area (TPSA) is 92.9 Å². The molecule has 94 valence electrons. The summed E-state index contributed by atoms with van der Waals surface area (Å²) < 4.78 is 1.75. The molecule has 2 rings (SSSR count). The number of carbonyl (C=O) groups is 1. The van der Waals surface area contributed by atoms with Crippen LogP contribution in [0.15, 0.2) is 24.7 Å². The van der Waals surface area contributed by atoms with Gasteiger partial charge in [0, 0.05) is 26.2 Å². The van der Waals surface area contributed by atoms with Crippen LogP contribution in [0, 0.1) is 0 Å². The van der Waals surface area contributed by atoms with Crippen molar-refractivity contribution >= 4 is 11.8 Å². The Hall–Kier alpha value is -2.44. The number of aromatic nitrogens is 4. The van der Waals surface area contributed by atoms with Crippen molar-refractivity contribution in [1.29, 1.82) is 0 Å². The van der Waals surface area contributed by atoms with Gasteiger partial charge in [0.1, 0.15) is 5.82 Å². The standard InChI is InChI=1S/C11H13N5O2/c1-16-5-3-8(15-16)2-4-12-10-7-13-9(6-14-10)11(17)18/h3,5-7H,2,4H2,1H3,(H,12,14)(H,17,18). The van der Waals surface area contributed by atoms with E-state index in [1.807, 2.05) is 19.3 Å². The van der Waals surface area contributed by atoms with Crippen molar-refractivity contribution in [1.82, 2.24) is 19.7 Å². The molecule has 18 heavy (non-hydrogen) atoms. The highest BCUT2D eigenvalue weighted by Crippen LogP contribution is 2.02. The molecule has 0 aliphatic rings. The van der Waals surface area contributed by atoms with E-state index in [0.717, 1.165) is 12.1 Å². The van der Waals surface area contributed by atoms with Gasteiger partial charge in [0.2, 0.25) is 0 Å². The van der Waals surface area contributed by atoms with Crippen molar-refractivity contribution in [3.63, 3.8) is 0 Å². The van der Waals surface area contributed by atoms with Gasteiger partial charge in [-0.25, -0.2) is 14.8 Å². The van der Waals surface area contributed by atoms with E-state index in [1.54, 1.807) is 4.68 Å². The number of carboxylic acid groups (broad SMARTS) is 1. The molecule has 0 aliphatic heterocycles. The molecule has 0 aliphatic carbocycles. The fourth-order valence-corrected chi connectivity index (χ4v) is 1.44. The predicted octanol–water partition coefficient (Wildman–Crippen LogP) is 0.563. The highest BCUT2D eigenvalue weighted by Gasteiger charge is 2.04. The summed E-state index contributed by atoms with van der Waals surface area (Å²) in [7, 11) is 1.87. The molecule has 0 unspecified atom stereocenters. The summed E-state index contributed by atoms with van der Waals surface area (Å²) in [5.74, 6) is -0.529. The third kappa shape index (κ3) is 3.03. The van der Waals surface area contributed by atoms with E-state index in [0.29, 0.717) is 12.4 Å². The second kappa shape index (κ2) is 5.26. The Balaban J connectivity index is 1.85. The minimum absolute atomic E-state index is 0.0646. The third-order valence-corrected chi connectivity index (χ3v) is 2.33. The molecular formula is C11H13N5O2. The fraction of sp³-hybridized carbons (Fsp3) is 0.273. The first-order chi connectivity index (χ1) is 8.65. The second-order valence-corrected chi connectivity index (χ2v) is 3.75. The Bertz CT molecular complexity index is 535. The molecule has 2 aromatic heterocycles. The Morgan fingerprint density at radius 3 is 2.83 bits per heavy atom. The van der Waals surface area contributed by atoms with Gasteiger partial charge in [0.25, 0.3) is 0 Å². The van der Waals surface area contributed by atoms with Crippen LogP contribution < -0.4 is 5.32 Å². The number of hydrogen-bond acceptors (Lipinski definition) is 5. The van der Waals surface area contributed by atoms with Crippen LogP contribution in [0.25, 0.3) is 0 Å². The highest BCUT2D eigenvalue weighted by atomic mass is 16.4. The van der Waals surface area contributed by atoms with E-state index in [1.165, 1.54) is 12.4 Å². The predicted molar refractivity (Wildman–Crippen MR) is 64.4 cm³/mol. The summed E-state index contributed by atoms with van der Waals surface area (Å²) >= 11 is 0. The number of nitrogens with one attached hydrogen (secondary N) is 1. The van der Waals surface area contributed by atoms with E-state index in [4.69, 9.17) is 5.11 Å². The normalized spacial score (nSPS) is 10.3. The summed E-state index contributed by atoms with van der Waals surface area (Å²) in [6, 6.07) is 1.95. The van der Waals surface area contributed by atoms with E-state index in [2.05, 4.69) is 20.4 Å². The quantitative estimate of drug-likeness (QED) is 0.802. The number of carboxylic acids is 1. The zero-order chi connectivity index (χ0) is 13.0. The number of nitrogens with zero attached hydrogens (tertiary/aromatic N) is 4. The first kappa shape index (κ1) is 12.0. The largest absolute Gasteiger partial charge is 0.476 e. The minimum atomic E-state index is -1.08. The van der Waals surface area contributed by atoms with Gasteiger partial charge in [-0.1, -0.05) is 0 Å². The summed E-state index contributed by atoms with van der Waals surface area (Å²) in [4.78, 5) is 18.3. The number of rotatable bonds is 5. The molecule has 0 amide bonds. The number of anilines is 1. The van der Waals surface area contributed by atoms with Crippen LogP contribution in [0.2, 0.25) is 0 Å². The minimum Gasteiger partial charge on any atom is -0.476 e. The van der Waals surface area contributed by atoms with Gasteiger partial charge in [-0.2, -0.15) is 5.10 Å². The summed E-state index contributed by atoms with van der Waals surface area (Å²) in [5.41, 5.74) is 0.922. The van der Waals surface area contributed by atoms with E-state index in [9.17, 15) is 4.79 Å². The maximum absolute atomic E-state index is 10.6. The summed E-state index contributed by atoms with van der Waals surface area (Å²) in [6.07, 6.45) is 5.29. The average Bonchev–Trinajstić information content (AvgIpc) is 2.76. The van der Waals surface area contributed by atoms with Crippen molar-refractivity contribution in [2.24, 2.45) is 7.05 Å². The maximum Gasteiger partial charge on any atom is 0.356 e. The van der Waals surface area contributed by atoms with Crippen LogP contribution in [0.5, 0.6) is 0 Å². The lowest BCUT2D eigenvalue weighted by Crippen LogP contribution is -2.09. The van der Waals surface area contributed by atoms with Crippen molar-refractivity contribution in [2.45, 2.75) is 6.42 Å². The molecule has 7 nitrogen and oxygen atoms in total. The molecule has 0 saturated heterocycles. The van der Waals surface area contributed by atoms with Gasteiger partial charge in [-0.3, -0.25) is 4.68 Å². The van der Waals surface area contributed by atoms with Crippen LogP contribution in [-0.4, -0.2) is 37.4 Å². The van der Waals surface area contributed by atoms with Crippen LogP contribution in [0.4, 0.5) is 5.82 Å². The molecule has 0 fully saturated rings. The van der Waals surface area contributed by atoms with Gasteiger partial charge in [-0.05, 0) is 6.07 Å². The highest BCUT2D eigenvalue weighted by molar-refractivity contribution is 5.84. The van der Waals surface area contributed by atoms with Gasteiger partial charge in [-0.15, -0.1) is 0 Å². The first-order valence-electron chi connectivity index (χ1n) is 5.43. The Morgan fingerprint density at radius 1 is 1.44 bits per heavy atom. The van der Waals surface area contributed by atoms with E-state index >= 15 is 0 Å². The van der Waals surface area contributed by atoms with Crippen LogP contribution in [-0.2, 0) is 13.5 Å². The Morgan fingerprint density at radius 2 is 2.28 bits per heavy atom. The molecule has 2 aromatic rings. The van der Waals surface area contributed by atoms with Crippen LogP contribution in [0.1, 0.15) is 16.2 Å². The molecule has 7 heteroatoms. The van der Waals surface area contributed by atoms with Gasteiger partial charge < -0.3 is 10.4 Å². The maximum atomic E-state index is 10.6. The number of hydrogen-bond donors (Lipinski definition) is 2. The van der Waals surface area contributed by atoms with Gasteiger partial charge in [0.05, 0.1) is 18.1 Å². The van der Waals surface area contributed by atoms with Gasteiger partial charge in [0.15, 0.2) is 5.69 Å². The SMILES string of the molecule is Cn1ccc(CCNc2cnc(C(=O)O)cn2)n1. The molecule has 2 heterocycles. The number of aromatic carboxylic acids is 1. The Labute approximate surface area is 104 Å². The monoisotopic (exact) mass is 247 g/mol. The second-order valence-electron chi connectivity index (χ2n) is 3.75. The van der Waals surface area contributed by atoms with E-state index in [-0.39, 0.29) is 5.69 Å². The molecule has 2 N–H and O–H groups in total. The Kier molecular flexibility index (Phi) is 3.52.